The first kappa shape index (κ1) is 23.9. The van der Waals surface area contributed by atoms with E-state index in [4.69, 9.17) is 4.74 Å². The Morgan fingerprint density at radius 1 is 0.966 bits per heavy atom. The fourth-order valence-corrected chi connectivity index (χ4v) is 2.44. The Morgan fingerprint density at radius 3 is 2.17 bits per heavy atom. The number of ether oxygens (including phenoxy) is 3. The molecule has 0 aromatic heterocycles. The summed E-state index contributed by atoms with van der Waals surface area (Å²) in [7, 11) is 2.41. The first-order valence-corrected chi connectivity index (χ1v) is 9.20. The first-order valence-electron chi connectivity index (χ1n) is 9.20. The Labute approximate surface area is 170 Å². The first-order chi connectivity index (χ1) is 13.8. The molecule has 9 nitrogen and oxygen atoms in total. The third-order valence-corrected chi connectivity index (χ3v) is 4.10. The van der Waals surface area contributed by atoms with Gasteiger partial charge in [-0.3, -0.25) is 9.59 Å². The number of methoxy groups -OCH3 is 2. The van der Waals surface area contributed by atoms with Gasteiger partial charge in [-0.2, -0.15) is 0 Å². The van der Waals surface area contributed by atoms with E-state index in [2.05, 4.69) is 20.1 Å². The van der Waals surface area contributed by atoms with Gasteiger partial charge in [-0.15, -0.1) is 0 Å². The van der Waals surface area contributed by atoms with Gasteiger partial charge >= 0.3 is 18.0 Å². The molecule has 2 amide bonds. The lowest BCUT2D eigenvalue weighted by molar-refractivity contribution is -0.146. The van der Waals surface area contributed by atoms with Crippen molar-refractivity contribution in [1.29, 1.82) is 0 Å². The molecule has 29 heavy (non-hydrogen) atoms. The van der Waals surface area contributed by atoms with E-state index in [1.807, 2.05) is 30.3 Å². The average Bonchev–Trinajstić information content (AvgIpc) is 2.72. The van der Waals surface area contributed by atoms with Gasteiger partial charge in [0.1, 0.15) is 18.7 Å². The maximum atomic E-state index is 12.6. The molecule has 0 aliphatic rings. The van der Waals surface area contributed by atoms with Gasteiger partial charge in [-0.1, -0.05) is 44.2 Å². The molecule has 9 heteroatoms. The number of alkyl carbamates (subject to hydrolysis) is 1. The fraction of sp³-hybridized carbons (Fsp3) is 0.500. The summed E-state index contributed by atoms with van der Waals surface area (Å²) in [6, 6.07) is 7.12. The quantitative estimate of drug-likeness (QED) is 0.445. The monoisotopic (exact) mass is 408 g/mol. The van der Waals surface area contributed by atoms with Crippen molar-refractivity contribution in [3.05, 3.63) is 35.9 Å². The van der Waals surface area contributed by atoms with Crippen LogP contribution in [-0.4, -0.2) is 50.2 Å². The predicted octanol–water partition coefficient (Wildman–Crippen LogP) is 1.55. The lowest BCUT2D eigenvalue weighted by Gasteiger charge is -2.24. The van der Waals surface area contributed by atoms with Crippen LogP contribution >= 0.6 is 0 Å². The predicted molar refractivity (Wildman–Crippen MR) is 104 cm³/mol. The van der Waals surface area contributed by atoms with Crippen LogP contribution in [0.5, 0.6) is 0 Å². The van der Waals surface area contributed by atoms with Crippen molar-refractivity contribution in [2.45, 2.75) is 45.4 Å². The van der Waals surface area contributed by atoms with Gasteiger partial charge < -0.3 is 24.8 Å². The minimum absolute atomic E-state index is 0.00829. The molecule has 0 fully saturated rings. The molecule has 0 aliphatic carbocycles. The summed E-state index contributed by atoms with van der Waals surface area (Å²) in [5, 5.41) is 5.02. The van der Waals surface area contributed by atoms with Gasteiger partial charge in [0.25, 0.3) is 0 Å². The number of benzene rings is 1. The molecule has 0 radical (unpaired) electrons. The zero-order valence-electron chi connectivity index (χ0n) is 17.1. The van der Waals surface area contributed by atoms with Crippen LogP contribution in [0.25, 0.3) is 0 Å². The normalized spacial score (nSPS) is 12.4. The fourth-order valence-electron chi connectivity index (χ4n) is 2.44. The number of hydrogen-bond acceptors (Lipinski definition) is 7. The highest BCUT2D eigenvalue weighted by molar-refractivity contribution is 5.90. The Hall–Kier alpha value is -3.10. The van der Waals surface area contributed by atoms with Crippen LogP contribution in [0.3, 0.4) is 0 Å². The van der Waals surface area contributed by atoms with E-state index in [9.17, 15) is 19.2 Å². The van der Waals surface area contributed by atoms with Crippen LogP contribution in [0, 0.1) is 5.92 Å². The zero-order valence-corrected chi connectivity index (χ0v) is 17.1. The number of nitrogens with one attached hydrogen (secondary N) is 2. The van der Waals surface area contributed by atoms with Crippen molar-refractivity contribution in [3.63, 3.8) is 0 Å². The molecule has 1 rings (SSSR count). The number of rotatable bonds is 10. The van der Waals surface area contributed by atoms with Crippen LogP contribution in [0.15, 0.2) is 30.3 Å². The standard InChI is InChI=1S/C20H28N2O7/c1-13(2)17(22-20(26)29-12-14-8-6-5-7-9-14)18(24)21-15(19(25)28-4)10-11-16(23)27-3/h5-9,13,15,17H,10-12H2,1-4H3,(H,21,24)(H,22,26)/t15-,17-/m0/s1. The highest BCUT2D eigenvalue weighted by atomic mass is 16.5. The summed E-state index contributed by atoms with van der Waals surface area (Å²) in [5.74, 6) is -2.08. The maximum Gasteiger partial charge on any atom is 0.408 e. The van der Waals surface area contributed by atoms with Crippen molar-refractivity contribution in [1.82, 2.24) is 10.6 Å². The van der Waals surface area contributed by atoms with E-state index < -0.39 is 36.0 Å². The van der Waals surface area contributed by atoms with Crippen LogP contribution < -0.4 is 10.6 Å². The second kappa shape index (κ2) is 12.4. The van der Waals surface area contributed by atoms with Gasteiger partial charge in [0.2, 0.25) is 5.91 Å². The molecular weight excluding hydrogens is 380 g/mol. The lowest BCUT2D eigenvalue weighted by Crippen LogP contribution is -2.54. The highest BCUT2D eigenvalue weighted by Crippen LogP contribution is 2.07. The molecule has 0 saturated carbocycles. The van der Waals surface area contributed by atoms with Crippen LogP contribution in [-0.2, 0) is 35.2 Å². The molecule has 0 aliphatic heterocycles. The summed E-state index contributed by atoms with van der Waals surface area (Å²) >= 11 is 0. The lowest BCUT2D eigenvalue weighted by atomic mass is 10.0. The second-order valence-corrected chi connectivity index (χ2v) is 6.63. The van der Waals surface area contributed by atoms with E-state index in [0.717, 1.165) is 5.56 Å². The molecule has 0 spiro atoms. The van der Waals surface area contributed by atoms with E-state index in [1.54, 1.807) is 13.8 Å². The van der Waals surface area contributed by atoms with Crippen molar-refractivity contribution in [2.24, 2.45) is 5.92 Å². The molecule has 0 bridgehead atoms. The second-order valence-electron chi connectivity index (χ2n) is 6.63. The molecule has 160 valence electrons. The minimum Gasteiger partial charge on any atom is -0.469 e. The van der Waals surface area contributed by atoms with Gasteiger partial charge in [-0.05, 0) is 17.9 Å². The topological polar surface area (TPSA) is 120 Å². The minimum atomic E-state index is -1.05. The average molecular weight is 408 g/mol. The van der Waals surface area contributed by atoms with E-state index in [-0.39, 0.29) is 25.4 Å². The number of hydrogen-bond donors (Lipinski definition) is 2. The summed E-state index contributed by atoms with van der Waals surface area (Å²) in [5.41, 5.74) is 0.807. The summed E-state index contributed by atoms with van der Waals surface area (Å²) < 4.78 is 14.4. The smallest absolute Gasteiger partial charge is 0.408 e. The SMILES string of the molecule is COC(=O)CC[C@H](NC(=O)[C@@H](NC(=O)OCc1ccccc1)C(C)C)C(=O)OC. The van der Waals surface area contributed by atoms with Gasteiger partial charge in [-0.25, -0.2) is 9.59 Å². The molecule has 1 aromatic carbocycles. The molecule has 2 atom stereocenters. The van der Waals surface area contributed by atoms with Crippen molar-refractivity contribution < 1.29 is 33.4 Å². The van der Waals surface area contributed by atoms with Crippen molar-refractivity contribution >= 4 is 23.9 Å². The van der Waals surface area contributed by atoms with Crippen molar-refractivity contribution in [2.75, 3.05) is 14.2 Å². The summed E-state index contributed by atoms with van der Waals surface area (Å²) in [4.78, 5) is 48.0. The molecule has 0 saturated heterocycles. The van der Waals surface area contributed by atoms with E-state index >= 15 is 0 Å². The maximum absolute atomic E-state index is 12.6. The summed E-state index contributed by atoms with van der Waals surface area (Å²) in [6.07, 6.45) is -0.823. The van der Waals surface area contributed by atoms with Crippen LogP contribution in [0.4, 0.5) is 4.79 Å². The van der Waals surface area contributed by atoms with Gasteiger partial charge in [0.15, 0.2) is 0 Å². The largest absolute Gasteiger partial charge is 0.469 e. The third-order valence-electron chi connectivity index (χ3n) is 4.10. The van der Waals surface area contributed by atoms with Gasteiger partial charge in [0, 0.05) is 6.42 Å². The molecule has 0 unspecified atom stereocenters. The number of amides is 2. The summed E-state index contributed by atoms with van der Waals surface area (Å²) in [6.45, 7) is 3.54. The van der Waals surface area contributed by atoms with Crippen LogP contribution in [0.1, 0.15) is 32.3 Å². The Morgan fingerprint density at radius 2 is 1.62 bits per heavy atom. The van der Waals surface area contributed by atoms with E-state index in [1.165, 1.54) is 14.2 Å². The number of esters is 2. The Balaban J connectivity index is 2.69. The zero-order chi connectivity index (χ0) is 21.8. The molecule has 2 N–H and O–H groups in total. The molecular formula is C20H28N2O7. The van der Waals surface area contributed by atoms with Gasteiger partial charge in [0.05, 0.1) is 14.2 Å². The highest BCUT2D eigenvalue weighted by Gasteiger charge is 2.30. The third kappa shape index (κ3) is 8.63. The van der Waals surface area contributed by atoms with E-state index in [0.29, 0.717) is 0 Å². The number of carbonyl (C=O) groups is 4. The molecule has 0 heterocycles. The number of carbonyl (C=O) groups excluding carboxylic acids is 4. The Bertz CT molecular complexity index is 691. The van der Waals surface area contributed by atoms with Crippen molar-refractivity contribution in [3.8, 4) is 0 Å². The van der Waals surface area contributed by atoms with Crippen LogP contribution in [0.2, 0.25) is 0 Å². The molecule has 1 aromatic rings. The Kier molecular flexibility index (Phi) is 10.2.